The average molecular weight is 733 g/mol. The normalized spacial score (nSPS) is 18.4. The Hall–Kier alpha value is -3.14. The van der Waals surface area contributed by atoms with Crippen molar-refractivity contribution in [1.29, 1.82) is 0 Å². The van der Waals surface area contributed by atoms with E-state index in [4.69, 9.17) is 0 Å². The smallest absolute Gasteiger partial charge is 0.432 e. The predicted molar refractivity (Wildman–Crippen MR) is 134 cm³/mol. The van der Waals surface area contributed by atoms with Crippen molar-refractivity contribution in [2.45, 2.75) is 60.0 Å². The van der Waals surface area contributed by atoms with E-state index in [1.807, 2.05) is 0 Å². The molecule has 0 saturated carbocycles. The molecule has 3 aromatic rings. The summed E-state index contributed by atoms with van der Waals surface area (Å²) in [5.74, 6) is -1.87. The lowest BCUT2D eigenvalue weighted by molar-refractivity contribution is -0.373. The molecule has 0 aromatic heterocycles. The fourth-order valence-electron chi connectivity index (χ4n) is 3.92. The first kappa shape index (κ1) is 35.7. The van der Waals surface area contributed by atoms with Gasteiger partial charge in [0.15, 0.2) is 24.8 Å². The number of halogens is 11. The fourth-order valence-corrected chi connectivity index (χ4v) is 8.61. The topological polar surface area (TPSA) is 113 Å². The Morgan fingerprint density at radius 2 is 1.26 bits per heavy atom. The zero-order chi connectivity index (χ0) is 34.7. The van der Waals surface area contributed by atoms with Gasteiger partial charge in [0.2, 0.25) is 0 Å². The quantitative estimate of drug-likeness (QED) is 0.136. The molecule has 1 aliphatic rings. The van der Waals surface area contributed by atoms with E-state index in [1.165, 1.54) is 0 Å². The van der Waals surface area contributed by atoms with Crippen LogP contribution in [0.2, 0.25) is 0 Å². The summed E-state index contributed by atoms with van der Waals surface area (Å²) in [6.45, 7) is -2.37. The molecule has 252 valence electrons. The van der Waals surface area contributed by atoms with Gasteiger partial charge in [0, 0.05) is 12.1 Å². The van der Waals surface area contributed by atoms with E-state index in [-0.39, 0.29) is 14.7 Å². The van der Waals surface area contributed by atoms with E-state index in [0.29, 0.717) is 17.0 Å². The van der Waals surface area contributed by atoms with Crippen molar-refractivity contribution in [3.63, 3.8) is 0 Å². The van der Waals surface area contributed by atoms with Gasteiger partial charge in [-0.2, -0.15) is 48.3 Å². The summed E-state index contributed by atoms with van der Waals surface area (Å²) in [7, 11) is -10.8. The predicted octanol–water partition coefficient (Wildman–Crippen LogP) is 5.94. The Morgan fingerprint density at radius 3 is 1.72 bits per heavy atom. The number of hydrogen-bond acceptors (Lipinski definition) is 7. The van der Waals surface area contributed by atoms with E-state index in [9.17, 15) is 70.6 Å². The summed E-state index contributed by atoms with van der Waals surface area (Å²) in [4.78, 5) is -0.0440. The number of alkyl halides is 11. The molecule has 0 saturated heterocycles. The van der Waals surface area contributed by atoms with Crippen LogP contribution in [0.25, 0.3) is 0 Å². The van der Waals surface area contributed by atoms with Gasteiger partial charge < -0.3 is 19.1 Å². The van der Waals surface area contributed by atoms with Crippen LogP contribution in [-0.4, -0.2) is 64.4 Å². The van der Waals surface area contributed by atoms with Crippen molar-refractivity contribution in [2.24, 2.45) is 0 Å². The largest absolute Gasteiger partial charge is 0.743 e. The molecule has 21 heteroatoms. The van der Waals surface area contributed by atoms with E-state index >= 15 is 0 Å². The third-order valence-electron chi connectivity index (χ3n) is 6.22. The highest BCUT2D eigenvalue weighted by Crippen LogP contribution is 2.47. The Morgan fingerprint density at radius 1 is 0.783 bits per heavy atom. The molecule has 0 spiro atoms. The van der Waals surface area contributed by atoms with Crippen LogP contribution in [0, 0.1) is 0 Å². The van der Waals surface area contributed by atoms with Gasteiger partial charge in [-0.3, -0.25) is 0 Å². The van der Waals surface area contributed by atoms with Gasteiger partial charge in [0.1, 0.15) is 38.8 Å². The Bertz CT molecular complexity index is 1730. The SMILES string of the molecule is O=S1c2cc(OCC(O)(C(F)(F)F)C(F)(F)F)ccc2[S+](c2ccccc2)c2ccc(OC(C(F)(F)F)C(F)(F)S(=O)(=O)[O-])cc21. The van der Waals surface area contributed by atoms with Gasteiger partial charge in [0.25, 0.3) is 11.7 Å². The second-order valence-electron chi connectivity index (χ2n) is 9.30. The highest BCUT2D eigenvalue weighted by Gasteiger charge is 2.71. The third kappa shape index (κ3) is 6.51. The molecule has 1 aliphatic heterocycles. The molecule has 3 aromatic carbocycles. The molecule has 7 nitrogen and oxygen atoms in total. The van der Waals surface area contributed by atoms with Crippen molar-refractivity contribution >= 4 is 31.8 Å². The summed E-state index contributed by atoms with van der Waals surface area (Å²) >= 11 is 0. The van der Waals surface area contributed by atoms with Gasteiger partial charge in [-0.25, -0.2) is 12.6 Å². The maximum absolute atomic E-state index is 14.0. The molecular formula is C25H15F11O7S3. The van der Waals surface area contributed by atoms with Crippen LogP contribution in [0.5, 0.6) is 11.5 Å². The second-order valence-corrected chi connectivity index (χ2v) is 14.1. The summed E-state index contributed by atoms with van der Waals surface area (Å²) in [6, 6.07) is 12.9. The molecule has 1 heterocycles. The van der Waals surface area contributed by atoms with Gasteiger partial charge in [0.05, 0.1) is 10.8 Å². The number of rotatable bonds is 8. The van der Waals surface area contributed by atoms with Gasteiger partial charge in [-0.1, -0.05) is 18.2 Å². The average Bonchev–Trinajstić information content (AvgIpc) is 2.93. The van der Waals surface area contributed by atoms with E-state index in [2.05, 4.69) is 9.47 Å². The molecule has 46 heavy (non-hydrogen) atoms. The zero-order valence-corrected chi connectivity index (χ0v) is 24.4. The molecular weight excluding hydrogens is 717 g/mol. The minimum absolute atomic E-state index is 0.105. The maximum Gasteiger partial charge on any atom is 0.432 e. The van der Waals surface area contributed by atoms with Crippen LogP contribution in [-0.2, 0) is 31.8 Å². The molecule has 4 rings (SSSR count). The Balaban J connectivity index is 1.81. The first-order valence-electron chi connectivity index (χ1n) is 11.9. The minimum atomic E-state index is -6.92. The van der Waals surface area contributed by atoms with Crippen molar-refractivity contribution in [3.8, 4) is 11.5 Å². The monoisotopic (exact) mass is 732 g/mol. The molecule has 3 unspecified atom stereocenters. The zero-order valence-electron chi connectivity index (χ0n) is 21.9. The molecule has 0 bridgehead atoms. The highest BCUT2D eigenvalue weighted by atomic mass is 32.2. The number of benzene rings is 3. The molecule has 0 radical (unpaired) electrons. The lowest BCUT2D eigenvalue weighted by atomic mass is 10.0. The molecule has 3 atom stereocenters. The van der Waals surface area contributed by atoms with Crippen molar-refractivity contribution in [3.05, 3.63) is 66.7 Å². The van der Waals surface area contributed by atoms with E-state index < -0.39 is 90.3 Å². The third-order valence-corrected chi connectivity index (χ3v) is 11.2. The van der Waals surface area contributed by atoms with Crippen molar-refractivity contribution in [2.75, 3.05) is 6.61 Å². The van der Waals surface area contributed by atoms with Crippen molar-refractivity contribution < 1.29 is 80.1 Å². The first-order chi connectivity index (χ1) is 20.9. The van der Waals surface area contributed by atoms with Crippen LogP contribution in [0.1, 0.15) is 0 Å². The molecule has 1 N–H and O–H groups in total. The van der Waals surface area contributed by atoms with Crippen LogP contribution >= 0.6 is 0 Å². The lowest BCUT2D eigenvalue weighted by Gasteiger charge is -2.32. The summed E-state index contributed by atoms with van der Waals surface area (Å²) < 4.78 is 202. The molecule has 0 fully saturated rings. The Labute approximate surface area is 256 Å². The number of fused-ring (bicyclic) bond motifs is 2. The van der Waals surface area contributed by atoms with Crippen LogP contribution in [0.4, 0.5) is 48.3 Å². The minimum Gasteiger partial charge on any atom is -0.743 e. The van der Waals surface area contributed by atoms with Gasteiger partial charge in [-0.05, 0) is 36.4 Å². The lowest BCUT2D eigenvalue weighted by Crippen LogP contribution is -2.60. The van der Waals surface area contributed by atoms with Crippen LogP contribution in [0.15, 0.2) is 91.2 Å². The highest BCUT2D eigenvalue weighted by molar-refractivity contribution is 7.99. The standard InChI is InChI=1S/C25H15F11O7S3/c26-22(27,28)20(23(29,30)46(39,40)41)43-14-7-9-17-19(11-14)45(38)18-10-13(42-12-21(37,24(31,32)33)25(34,35)36)6-8-16(18)44(17)15-4-2-1-3-5-15/h1-11,20,37H,12H2. The summed E-state index contributed by atoms with van der Waals surface area (Å²) in [6.07, 6.45) is -23.1. The number of hydrogen-bond donors (Lipinski definition) is 1. The van der Waals surface area contributed by atoms with E-state index in [1.54, 1.807) is 30.3 Å². The van der Waals surface area contributed by atoms with Gasteiger partial charge >= 0.3 is 23.8 Å². The summed E-state index contributed by atoms with van der Waals surface area (Å²) in [5, 5.41) is 3.37. The number of aliphatic hydroxyl groups is 1. The van der Waals surface area contributed by atoms with Crippen LogP contribution < -0.4 is 9.47 Å². The number of ether oxygens (including phenoxy) is 2. The molecule has 0 aliphatic carbocycles. The maximum atomic E-state index is 14.0. The Kier molecular flexibility index (Phi) is 9.18. The van der Waals surface area contributed by atoms with Crippen LogP contribution in [0.3, 0.4) is 0 Å². The second kappa shape index (κ2) is 11.8. The molecule has 0 amide bonds. The summed E-state index contributed by atoms with van der Waals surface area (Å²) in [5.41, 5.74) is -5.31. The fraction of sp³-hybridized carbons (Fsp3) is 0.280. The van der Waals surface area contributed by atoms with Gasteiger partial charge in [-0.15, -0.1) is 0 Å². The first-order valence-corrected chi connectivity index (χ1v) is 15.7. The van der Waals surface area contributed by atoms with Crippen molar-refractivity contribution in [1.82, 2.24) is 0 Å². The van der Waals surface area contributed by atoms with E-state index in [0.717, 1.165) is 24.3 Å².